The third-order valence-electron chi connectivity index (χ3n) is 2.31. The first-order valence-corrected chi connectivity index (χ1v) is 4.48. The first kappa shape index (κ1) is 10.6. The van der Waals surface area contributed by atoms with Gasteiger partial charge in [0, 0.05) is 11.5 Å². The van der Waals surface area contributed by atoms with Crippen molar-refractivity contribution in [2.45, 2.75) is 0 Å². The van der Waals surface area contributed by atoms with E-state index in [1.807, 2.05) is 0 Å². The Kier molecular flexibility index (Phi) is 2.25. The van der Waals surface area contributed by atoms with Crippen molar-refractivity contribution >= 4 is 16.6 Å². The Bertz CT molecular complexity index is 727. The Morgan fingerprint density at radius 3 is 2.76 bits per heavy atom. The number of nitro groups is 1. The standard InChI is InChI=1S/C10H5N3O4/c11-4-6-9(14)5-2-1-3-7(13(16)17)8(5)12-10(6)15/h1-3H,(H2,12,14,15). The molecule has 1 aromatic carbocycles. The molecule has 17 heavy (non-hydrogen) atoms. The Hall–Kier alpha value is -2.88. The second-order valence-electron chi connectivity index (χ2n) is 3.25. The van der Waals surface area contributed by atoms with Crippen molar-refractivity contribution in [2.24, 2.45) is 0 Å². The van der Waals surface area contributed by atoms with E-state index in [9.17, 15) is 20.0 Å². The van der Waals surface area contributed by atoms with Gasteiger partial charge in [0.1, 0.15) is 17.3 Å². The van der Waals surface area contributed by atoms with Crippen molar-refractivity contribution in [1.82, 2.24) is 4.98 Å². The first-order chi connectivity index (χ1) is 8.06. The molecule has 0 amide bonds. The molecular formula is C10H5N3O4. The fraction of sp³-hybridized carbons (Fsp3) is 0. The molecular weight excluding hydrogens is 226 g/mol. The molecule has 2 rings (SSSR count). The fourth-order valence-corrected chi connectivity index (χ4v) is 1.54. The number of hydrogen-bond donors (Lipinski definition) is 2. The van der Waals surface area contributed by atoms with Crippen LogP contribution in [-0.4, -0.2) is 15.0 Å². The molecule has 0 atom stereocenters. The summed E-state index contributed by atoms with van der Waals surface area (Å²) < 4.78 is 0. The lowest BCUT2D eigenvalue weighted by molar-refractivity contribution is -0.383. The molecule has 0 radical (unpaired) electrons. The molecule has 1 aromatic heterocycles. The van der Waals surface area contributed by atoms with Crippen molar-refractivity contribution in [2.75, 3.05) is 0 Å². The molecule has 0 bridgehead atoms. The van der Waals surface area contributed by atoms with Gasteiger partial charge in [-0.25, -0.2) is 0 Å². The fourth-order valence-electron chi connectivity index (χ4n) is 1.54. The average Bonchev–Trinajstić information content (AvgIpc) is 2.28. The normalized spacial score (nSPS) is 10.1. The van der Waals surface area contributed by atoms with Crippen LogP contribution in [0.3, 0.4) is 0 Å². The van der Waals surface area contributed by atoms with Gasteiger partial charge in [0.25, 0.3) is 11.2 Å². The van der Waals surface area contributed by atoms with Crippen molar-refractivity contribution in [1.29, 1.82) is 5.26 Å². The van der Waals surface area contributed by atoms with Gasteiger partial charge < -0.3 is 10.1 Å². The second-order valence-corrected chi connectivity index (χ2v) is 3.25. The summed E-state index contributed by atoms with van der Waals surface area (Å²) in [6.07, 6.45) is 0. The summed E-state index contributed by atoms with van der Waals surface area (Å²) in [6, 6.07) is 5.48. The van der Waals surface area contributed by atoms with E-state index >= 15 is 0 Å². The molecule has 7 nitrogen and oxygen atoms in total. The van der Waals surface area contributed by atoms with E-state index < -0.39 is 21.8 Å². The smallest absolute Gasteiger partial charge is 0.293 e. The van der Waals surface area contributed by atoms with Crippen LogP contribution in [0.2, 0.25) is 0 Å². The SMILES string of the molecule is N#Cc1c(O)c2cccc([N+](=O)[O-])c2[nH]c1=O. The van der Waals surface area contributed by atoms with Crippen LogP contribution in [0, 0.1) is 21.4 Å². The van der Waals surface area contributed by atoms with Gasteiger partial charge in [-0.05, 0) is 6.07 Å². The number of pyridine rings is 1. The van der Waals surface area contributed by atoms with Gasteiger partial charge >= 0.3 is 0 Å². The molecule has 2 N–H and O–H groups in total. The minimum atomic E-state index is -0.855. The van der Waals surface area contributed by atoms with Crippen LogP contribution in [0.5, 0.6) is 5.75 Å². The number of fused-ring (bicyclic) bond motifs is 1. The highest BCUT2D eigenvalue weighted by Gasteiger charge is 2.18. The number of aromatic hydroxyl groups is 1. The molecule has 1 heterocycles. The lowest BCUT2D eigenvalue weighted by Gasteiger charge is -2.02. The van der Waals surface area contributed by atoms with E-state index in [2.05, 4.69) is 4.98 Å². The average molecular weight is 231 g/mol. The van der Waals surface area contributed by atoms with Gasteiger partial charge in [-0.2, -0.15) is 5.26 Å². The van der Waals surface area contributed by atoms with Crippen LogP contribution in [0.1, 0.15) is 5.56 Å². The number of nitriles is 1. The molecule has 0 unspecified atom stereocenters. The van der Waals surface area contributed by atoms with Gasteiger partial charge in [0.15, 0.2) is 5.56 Å². The molecule has 0 aliphatic rings. The third kappa shape index (κ3) is 1.48. The summed E-state index contributed by atoms with van der Waals surface area (Å²) in [6.45, 7) is 0. The van der Waals surface area contributed by atoms with Crippen molar-refractivity contribution in [3.8, 4) is 11.8 Å². The number of rotatable bonds is 1. The summed E-state index contributed by atoms with van der Waals surface area (Å²) in [7, 11) is 0. The lowest BCUT2D eigenvalue weighted by atomic mass is 10.1. The number of hydrogen-bond acceptors (Lipinski definition) is 5. The van der Waals surface area contributed by atoms with Crippen LogP contribution < -0.4 is 5.56 Å². The molecule has 0 spiro atoms. The van der Waals surface area contributed by atoms with E-state index in [0.717, 1.165) is 0 Å². The van der Waals surface area contributed by atoms with Crippen LogP contribution in [0.15, 0.2) is 23.0 Å². The van der Waals surface area contributed by atoms with E-state index in [1.165, 1.54) is 18.2 Å². The summed E-state index contributed by atoms with van der Waals surface area (Å²) in [5, 5.41) is 29.1. The number of para-hydroxylation sites is 1. The van der Waals surface area contributed by atoms with E-state index in [0.29, 0.717) is 0 Å². The van der Waals surface area contributed by atoms with Gasteiger partial charge in [0.2, 0.25) is 0 Å². The van der Waals surface area contributed by atoms with Crippen LogP contribution in [0.25, 0.3) is 10.9 Å². The number of nitrogens with one attached hydrogen (secondary N) is 1. The van der Waals surface area contributed by atoms with Gasteiger partial charge in [-0.15, -0.1) is 0 Å². The molecule has 0 aliphatic carbocycles. The number of benzene rings is 1. The van der Waals surface area contributed by atoms with Crippen LogP contribution >= 0.6 is 0 Å². The summed E-state index contributed by atoms with van der Waals surface area (Å²) in [4.78, 5) is 23.7. The van der Waals surface area contributed by atoms with Gasteiger partial charge in [0.05, 0.1) is 4.92 Å². The van der Waals surface area contributed by atoms with Crippen LogP contribution in [0.4, 0.5) is 5.69 Å². The zero-order valence-corrected chi connectivity index (χ0v) is 8.30. The number of aromatic amines is 1. The van der Waals surface area contributed by atoms with Crippen LogP contribution in [-0.2, 0) is 0 Å². The molecule has 0 aliphatic heterocycles. The van der Waals surface area contributed by atoms with E-state index in [4.69, 9.17) is 5.26 Å². The monoisotopic (exact) mass is 231 g/mol. The quantitative estimate of drug-likeness (QED) is 0.560. The third-order valence-corrected chi connectivity index (χ3v) is 2.31. The maximum absolute atomic E-state index is 11.4. The lowest BCUT2D eigenvalue weighted by Crippen LogP contribution is -2.11. The molecule has 2 aromatic rings. The molecule has 0 fully saturated rings. The minimum absolute atomic E-state index is 0.0651. The number of H-pyrrole nitrogens is 1. The maximum atomic E-state index is 11.4. The van der Waals surface area contributed by atoms with Gasteiger partial charge in [-0.1, -0.05) is 6.07 Å². The van der Waals surface area contributed by atoms with Crippen molar-refractivity contribution < 1.29 is 10.0 Å². The Morgan fingerprint density at radius 2 is 2.18 bits per heavy atom. The predicted octanol–water partition coefficient (Wildman–Crippen LogP) is 1.01. The maximum Gasteiger partial charge on any atom is 0.293 e. The van der Waals surface area contributed by atoms with Crippen molar-refractivity contribution in [3.05, 3.63) is 44.2 Å². The second kappa shape index (κ2) is 3.61. The molecule has 0 saturated carbocycles. The zero-order chi connectivity index (χ0) is 12.6. The number of nitro benzene ring substituents is 1. The summed E-state index contributed by atoms with van der Waals surface area (Å²) >= 11 is 0. The number of aromatic nitrogens is 1. The highest BCUT2D eigenvalue weighted by molar-refractivity contribution is 5.92. The first-order valence-electron chi connectivity index (χ1n) is 4.48. The largest absolute Gasteiger partial charge is 0.506 e. The molecule has 0 saturated heterocycles. The van der Waals surface area contributed by atoms with E-state index in [-0.39, 0.29) is 16.6 Å². The predicted molar refractivity (Wildman–Crippen MR) is 57.6 cm³/mol. The topological polar surface area (TPSA) is 120 Å². The van der Waals surface area contributed by atoms with Crippen molar-refractivity contribution in [3.63, 3.8) is 0 Å². The Balaban J connectivity index is 3.02. The summed E-state index contributed by atoms with van der Waals surface area (Å²) in [5.74, 6) is -0.546. The Morgan fingerprint density at radius 1 is 1.47 bits per heavy atom. The number of non-ortho nitro benzene ring substituents is 1. The van der Waals surface area contributed by atoms with E-state index in [1.54, 1.807) is 6.07 Å². The zero-order valence-electron chi connectivity index (χ0n) is 8.30. The summed E-state index contributed by atoms with van der Waals surface area (Å²) in [5.41, 5.74) is -1.75. The molecule has 84 valence electrons. The minimum Gasteiger partial charge on any atom is -0.506 e. The highest BCUT2D eigenvalue weighted by Crippen LogP contribution is 2.29. The molecule has 7 heteroatoms. The van der Waals surface area contributed by atoms with Gasteiger partial charge in [-0.3, -0.25) is 14.9 Å². The number of nitrogens with zero attached hydrogens (tertiary/aromatic N) is 2. The highest BCUT2D eigenvalue weighted by atomic mass is 16.6. The Labute approximate surface area is 93.7 Å².